The second-order valence-electron chi connectivity index (χ2n) is 4.61. The van der Waals surface area contributed by atoms with Crippen molar-refractivity contribution in [3.8, 4) is 0 Å². The van der Waals surface area contributed by atoms with Gasteiger partial charge in [-0.15, -0.1) is 0 Å². The van der Waals surface area contributed by atoms with Crippen LogP contribution in [0.3, 0.4) is 0 Å². The predicted molar refractivity (Wildman–Crippen MR) is 84.5 cm³/mol. The monoisotopic (exact) mass is 304 g/mol. The van der Waals surface area contributed by atoms with Gasteiger partial charge in [-0.1, -0.05) is 35.9 Å². The van der Waals surface area contributed by atoms with E-state index >= 15 is 0 Å². The molecule has 2 aromatic rings. The van der Waals surface area contributed by atoms with E-state index < -0.39 is 5.91 Å². The maximum Gasteiger partial charge on any atom is 0.248 e. The Hall–Kier alpha value is -2.04. The van der Waals surface area contributed by atoms with E-state index in [2.05, 4.69) is 5.32 Å². The number of ether oxygens (including phenoxy) is 1. The highest BCUT2D eigenvalue weighted by Crippen LogP contribution is 2.24. The molecule has 1 amide bonds. The number of hydrogen-bond donors (Lipinski definition) is 2. The highest BCUT2D eigenvalue weighted by molar-refractivity contribution is 6.33. The first-order valence-electron chi connectivity index (χ1n) is 6.50. The van der Waals surface area contributed by atoms with Crippen molar-refractivity contribution in [3.05, 3.63) is 64.2 Å². The molecule has 0 atom stereocenters. The highest BCUT2D eigenvalue weighted by Gasteiger charge is 2.07. The molecule has 3 N–H and O–H groups in total. The normalized spacial score (nSPS) is 10.4. The van der Waals surface area contributed by atoms with Crippen molar-refractivity contribution in [1.82, 2.24) is 0 Å². The van der Waals surface area contributed by atoms with Crippen LogP contribution in [-0.2, 0) is 17.9 Å². The summed E-state index contributed by atoms with van der Waals surface area (Å²) in [6.07, 6.45) is 0. The van der Waals surface area contributed by atoms with Crippen LogP contribution in [0.25, 0.3) is 0 Å². The van der Waals surface area contributed by atoms with E-state index in [-0.39, 0.29) is 0 Å². The fraction of sp³-hybridized carbons (Fsp3) is 0.188. The minimum atomic E-state index is -0.477. The van der Waals surface area contributed by atoms with E-state index in [1.807, 2.05) is 24.3 Å². The molecule has 0 bridgehead atoms. The Kier molecular flexibility index (Phi) is 5.20. The summed E-state index contributed by atoms with van der Waals surface area (Å²) in [4.78, 5) is 11.2. The lowest BCUT2D eigenvalue weighted by Gasteiger charge is -2.12. The number of carbonyl (C=O) groups excluding carboxylic acids is 1. The number of nitrogens with one attached hydrogen (secondary N) is 1. The molecule has 5 heteroatoms. The fourth-order valence-electron chi connectivity index (χ4n) is 2.03. The second-order valence-corrected chi connectivity index (χ2v) is 5.02. The van der Waals surface area contributed by atoms with Crippen LogP contribution in [-0.4, -0.2) is 13.0 Å². The van der Waals surface area contributed by atoms with Crippen LogP contribution < -0.4 is 11.1 Å². The van der Waals surface area contributed by atoms with Gasteiger partial charge in [0.15, 0.2) is 0 Å². The summed E-state index contributed by atoms with van der Waals surface area (Å²) in [5, 5.41) is 3.77. The minimum Gasteiger partial charge on any atom is -0.380 e. The van der Waals surface area contributed by atoms with Crippen molar-refractivity contribution in [1.29, 1.82) is 0 Å². The Morgan fingerprint density at radius 3 is 2.62 bits per heavy atom. The van der Waals surface area contributed by atoms with Crippen molar-refractivity contribution >= 4 is 23.2 Å². The van der Waals surface area contributed by atoms with Gasteiger partial charge in [-0.3, -0.25) is 4.79 Å². The summed E-state index contributed by atoms with van der Waals surface area (Å²) in [6.45, 7) is 1.13. The summed E-state index contributed by atoms with van der Waals surface area (Å²) in [6, 6.07) is 12.9. The number of rotatable bonds is 6. The molecule has 0 fully saturated rings. The molecule has 0 aliphatic carbocycles. The van der Waals surface area contributed by atoms with Crippen LogP contribution in [0, 0.1) is 0 Å². The first-order chi connectivity index (χ1) is 10.1. The first-order valence-corrected chi connectivity index (χ1v) is 6.88. The Bertz CT molecular complexity index is 644. The van der Waals surface area contributed by atoms with E-state index in [4.69, 9.17) is 22.1 Å². The Labute approximate surface area is 128 Å². The van der Waals surface area contributed by atoms with Crippen molar-refractivity contribution < 1.29 is 9.53 Å². The molecule has 110 valence electrons. The van der Waals surface area contributed by atoms with Crippen LogP contribution in [0.1, 0.15) is 21.5 Å². The van der Waals surface area contributed by atoms with E-state index in [9.17, 15) is 4.79 Å². The van der Waals surface area contributed by atoms with Crippen molar-refractivity contribution in [2.75, 3.05) is 12.4 Å². The summed E-state index contributed by atoms with van der Waals surface area (Å²) < 4.78 is 5.18. The fourth-order valence-corrected chi connectivity index (χ4v) is 2.22. The summed E-state index contributed by atoms with van der Waals surface area (Å²) >= 11 is 6.13. The number of hydrogen-bond acceptors (Lipinski definition) is 3. The standard InChI is InChI=1S/C16H17ClN2O2/c1-21-10-13-5-3-2-4-12(13)9-19-15-8-11(16(18)20)6-7-14(15)17/h2-8,19H,9-10H2,1H3,(H2,18,20). The van der Waals surface area contributed by atoms with Gasteiger partial charge in [0.05, 0.1) is 17.3 Å². The van der Waals surface area contributed by atoms with Gasteiger partial charge in [0.1, 0.15) is 0 Å². The third kappa shape index (κ3) is 3.97. The summed E-state index contributed by atoms with van der Waals surface area (Å²) in [5.74, 6) is -0.477. The molecule has 0 heterocycles. The molecule has 2 rings (SSSR count). The zero-order valence-corrected chi connectivity index (χ0v) is 12.5. The molecular formula is C16H17ClN2O2. The van der Waals surface area contributed by atoms with E-state index in [1.165, 1.54) is 0 Å². The quantitative estimate of drug-likeness (QED) is 0.861. The van der Waals surface area contributed by atoms with Gasteiger partial charge in [-0.2, -0.15) is 0 Å². The zero-order valence-electron chi connectivity index (χ0n) is 11.7. The molecule has 0 spiro atoms. The SMILES string of the molecule is COCc1ccccc1CNc1cc(C(N)=O)ccc1Cl. The van der Waals surface area contributed by atoms with Gasteiger partial charge in [-0.25, -0.2) is 0 Å². The molecule has 0 aliphatic heterocycles. The first kappa shape index (κ1) is 15.4. The number of methoxy groups -OCH3 is 1. The van der Waals surface area contributed by atoms with Gasteiger partial charge in [-0.05, 0) is 29.3 Å². The molecule has 4 nitrogen and oxygen atoms in total. The third-order valence-electron chi connectivity index (χ3n) is 3.14. The van der Waals surface area contributed by atoms with Crippen LogP contribution in [0.2, 0.25) is 5.02 Å². The average Bonchev–Trinajstić information content (AvgIpc) is 2.48. The number of amides is 1. The van der Waals surface area contributed by atoms with Gasteiger partial charge in [0, 0.05) is 19.2 Å². The number of benzene rings is 2. The van der Waals surface area contributed by atoms with Crippen LogP contribution in [0.15, 0.2) is 42.5 Å². The van der Waals surface area contributed by atoms with E-state index in [0.29, 0.717) is 29.4 Å². The predicted octanol–water partition coefficient (Wildman–Crippen LogP) is 3.20. The van der Waals surface area contributed by atoms with Gasteiger partial charge in [0.25, 0.3) is 0 Å². The minimum absolute atomic E-state index is 0.423. The second kappa shape index (κ2) is 7.11. The lowest BCUT2D eigenvalue weighted by molar-refractivity contribution is 0.100. The van der Waals surface area contributed by atoms with E-state index in [0.717, 1.165) is 11.1 Å². The Morgan fingerprint density at radius 2 is 1.95 bits per heavy atom. The van der Waals surface area contributed by atoms with Crippen LogP contribution >= 0.6 is 11.6 Å². The van der Waals surface area contributed by atoms with Crippen molar-refractivity contribution in [3.63, 3.8) is 0 Å². The Balaban J connectivity index is 2.16. The van der Waals surface area contributed by atoms with Gasteiger partial charge in [0.2, 0.25) is 5.91 Å². The number of anilines is 1. The van der Waals surface area contributed by atoms with Gasteiger partial charge >= 0.3 is 0 Å². The van der Waals surface area contributed by atoms with E-state index in [1.54, 1.807) is 25.3 Å². The molecule has 21 heavy (non-hydrogen) atoms. The zero-order chi connectivity index (χ0) is 15.2. The van der Waals surface area contributed by atoms with Crippen molar-refractivity contribution in [2.24, 2.45) is 5.73 Å². The molecule has 0 aromatic heterocycles. The van der Waals surface area contributed by atoms with Crippen LogP contribution in [0.5, 0.6) is 0 Å². The smallest absolute Gasteiger partial charge is 0.248 e. The summed E-state index contributed by atoms with van der Waals surface area (Å²) in [5.41, 5.74) is 8.60. The number of halogens is 1. The highest BCUT2D eigenvalue weighted by atomic mass is 35.5. The molecule has 0 unspecified atom stereocenters. The lowest BCUT2D eigenvalue weighted by atomic mass is 10.1. The molecule has 0 radical (unpaired) electrons. The number of primary amides is 1. The van der Waals surface area contributed by atoms with Crippen LogP contribution in [0.4, 0.5) is 5.69 Å². The Morgan fingerprint density at radius 1 is 1.24 bits per heavy atom. The summed E-state index contributed by atoms with van der Waals surface area (Å²) in [7, 11) is 1.66. The average molecular weight is 305 g/mol. The lowest BCUT2D eigenvalue weighted by Crippen LogP contribution is -2.11. The topological polar surface area (TPSA) is 64.3 Å². The third-order valence-corrected chi connectivity index (χ3v) is 3.47. The molecular weight excluding hydrogens is 288 g/mol. The number of carbonyl (C=O) groups is 1. The van der Waals surface area contributed by atoms with Crippen molar-refractivity contribution in [2.45, 2.75) is 13.2 Å². The molecule has 2 aromatic carbocycles. The van der Waals surface area contributed by atoms with Gasteiger partial charge < -0.3 is 15.8 Å². The number of nitrogens with two attached hydrogens (primary N) is 1. The maximum absolute atomic E-state index is 11.2. The molecule has 0 saturated carbocycles. The molecule has 0 saturated heterocycles. The molecule has 0 aliphatic rings. The largest absolute Gasteiger partial charge is 0.380 e. The maximum atomic E-state index is 11.2.